The number of esters is 1. The van der Waals surface area contributed by atoms with Crippen LogP contribution in [0.1, 0.15) is 18.9 Å². The van der Waals surface area contributed by atoms with Crippen LogP contribution in [0, 0.1) is 11.3 Å². The average molecular weight is 234 g/mol. The summed E-state index contributed by atoms with van der Waals surface area (Å²) in [6.45, 7) is 2.48. The first-order chi connectivity index (χ1) is 8.19. The highest BCUT2D eigenvalue weighted by molar-refractivity contribution is 5.72. The number of hydrogen-bond acceptors (Lipinski definition) is 6. The van der Waals surface area contributed by atoms with E-state index in [1.54, 1.807) is 6.92 Å². The minimum atomic E-state index is -0.282. The number of anilines is 2. The van der Waals surface area contributed by atoms with Crippen LogP contribution in [0.4, 0.5) is 11.5 Å². The molecule has 0 fully saturated rings. The molecule has 6 heteroatoms. The first kappa shape index (κ1) is 12.8. The van der Waals surface area contributed by atoms with Gasteiger partial charge in [0.2, 0.25) is 0 Å². The third kappa shape index (κ3) is 3.65. The average Bonchev–Trinajstić information content (AvgIpc) is 2.32. The van der Waals surface area contributed by atoms with Crippen LogP contribution in [-0.4, -0.2) is 24.1 Å². The van der Waals surface area contributed by atoms with Gasteiger partial charge in [0.15, 0.2) is 5.82 Å². The maximum Gasteiger partial charge on any atom is 0.307 e. The maximum atomic E-state index is 11.1. The summed E-state index contributed by atoms with van der Waals surface area (Å²) < 4.78 is 4.77. The highest BCUT2D eigenvalue weighted by Crippen LogP contribution is 2.18. The number of pyridine rings is 1. The number of nitrogens with zero attached hydrogens (tertiary/aromatic N) is 2. The number of nitrogen functional groups attached to an aromatic ring is 1. The number of nitrogens with one attached hydrogen (secondary N) is 1. The second-order valence-corrected chi connectivity index (χ2v) is 3.21. The van der Waals surface area contributed by atoms with E-state index in [9.17, 15) is 4.79 Å². The molecule has 1 aromatic rings. The summed E-state index contributed by atoms with van der Waals surface area (Å²) in [5, 5.41) is 11.7. The minimum absolute atomic E-state index is 0.228. The van der Waals surface area contributed by atoms with Gasteiger partial charge in [0.05, 0.1) is 24.3 Å². The molecule has 0 spiro atoms. The second kappa shape index (κ2) is 6.33. The Morgan fingerprint density at radius 1 is 1.71 bits per heavy atom. The van der Waals surface area contributed by atoms with Crippen molar-refractivity contribution in [3.8, 4) is 6.07 Å². The number of nitrogens with two attached hydrogens (primary N) is 1. The maximum absolute atomic E-state index is 11.1. The standard InChI is InChI=1S/C11H14N4O2/c1-2-17-9(16)4-6-15-11-10(13)8(7-12)3-5-14-11/h3,5H,2,4,6,13H2,1H3,(H,14,15). The SMILES string of the molecule is CCOC(=O)CCNc1nccc(C#N)c1N. The van der Waals surface area contributed by atoms with Gasteiger partial charge < -0.3 is 15.8 Å². The highest BCUT2D eigenvalue weighted by atomic mass is 16.5. The molecule has 0 radical (unpaired) electrons. The predicted octanol–water partition coefficient (Wildman–Crippen LogP) is 0.901. The quantitative estimate of drug-likeness (QED) is 0.734. The Kier molecular flexibility index (Phi) is 4.76. The summed E-state index contributed by atoms with van der Waals surface area (Å²) in [5.74, 6) is 0.128. The van der Waals surface area contributed by atoms with Crippen LogP contribution in [0.15, 0.2) is 12.3 Å². The van der Waals surface area contributed by atoms with E-state index >= 15 is 0 Å². The van der Waals surface area contributed by atoms with Crippen molar-refractivity contribution in [1.82, 2.24) is 4.98 Å². The fourth-order valence-corrected chi connectivity index (χ4v) is 1.23. The number of aromatic nitrogens is 1. The molecule has 0 aliphatic heterocycles. The van der Waals surface area contributed by atoms with E-state index in [1.165, 1.54) is 12.3 Å². The van der Waals surface area contributed by atoms with Gasteiger partial charge in [0, 0.05) is 12.7 Å². The fraction of sp³-hybridized carbons (Fsp3) is 0.364. The molecule has 3 N–H and O–H groups in total. The zero-order valence-electron chi connectivity index (χ0n) is 9.56. The number of nitriles is 1. The molecule has 17 heavy (non-hydrogen) atoms. The Labute approximate surface area is 99.4 Å². The van der Waals surface area contributed by atoms with Crippen molar-refractivity contribution in [2.45, 2.75) is 13.3 Å². The van der Waals surface area contributed by atoms with Gasteiger partial charge in [-0.15, -0.1) is 0 Å². The van der Waals surface area contributed by atoms with Crippen molar-refractivity contribution >= 4 is 17.5 Å². The Hall–Kier alpha value is -2.29. The van der Waals surface area contributed by atoms with Crippen molar-refractivity contribution < 1.29 is 9.53 Å². The number of ether oxygens (including phenoxy) is 1. The summed E-state index contributed by atoms with van der Waals surface area (Å²) in [5.41, 5.74) is 6.36. The molecule has 0 aromatic carbocycles. The van der Waals surface area contributed by atoms with Crippen LogP contribution in [0.25, 0.3) is 0 Å². The van der Waals surface area contributed by atoms with Crippen molar-refractivity contribution in [2.24, 2.45) is 0 Å². The Bertz CT molecular complexity index is 440. The van der Waals surface area contributed by atoms with Gasteiger partial charge in [-0.3, -0.25) is 4.79 Å². The molecule has 1 aromatic heterocycles. The first-order valence-electron chi connectivity index (χ1n) is 5.23. The monoisotopic (exact) mass is 234 g/mol. The van der Waals surface area contributed by atoms with Crippen LogP contribution in [-0.2, 0) is 9.53 Å². The summed E-state index contributed by atoms with van der Waals surface area (Å²) in [7, 11) is 0. The lowest BCUT2D eigenvalue weighted by Crippen LogP contribution is -2.13. The number of hydrogen-bond donors (Lipinski definition) is 2. The van der Waals surface area contributed by atoms with Gasteiger partial charge in [-0.25, -0.2) is 4.98 Å². The van der Waals surface area contributed by atoms with Gasteiger partial charge in [-0.1, -0.05) is 0 Å². The number of carbonyl (C=O) groups excluding carboxylic acids is 1. The van der Waals surface area contributed by atoms with E-state index in [1.807, 2.05) is 6.07 Å². The van der Waals surface area contributed by atoms with Gasteiger partial charge in [0.1, 0.15) is 6.07 Å². The lowest BCUT2D eigenvalue weighted by molar-refractivity contribution is -0.142. The van der Waals surface area contributed by atoms with Crippen molar-refractivity contribution in [2.75, 3.05) is 24.2 Å². The highest BCUT2D eigenvalue weighted by Gasteiger charge is 2.06. The van der Waals surface area contributed by atoms with Crippen molar-refractivity contribution in [1.29, 1.82) is 5.26 Å². The Balaban J connectivity index is 2.53. The lowest BCUT2D eigenvalue weighted by Gasteiger charge is -2.08. The van der Waals surface area contributed by atoms with Crippen LogP contribution in [0.2, 0.25) is 0 Å². The second-order valence-electron chi connectivity index (χ2n) is 3.21. The third-order valence-corrected chi connectivity index (χ3v) is 2.04. The van der Waals surface area contributed by atoms with Crippen LogP contribution >= 0.6 is 0 Å². The van der Waals surface area contributed by atoms with E-state index < -0.39 is 0 Å². The molecule has 0 aliphatic carbocycles. The van der Waals surface area contributed by atoms with Crippen LogP contribution < -0.4 is 11.1 Å². The largest absolute Gasteiger partial charge is 0.466 e. The smallest absolute Gasteiger partial charge is 0.307 e. The summed E-state index contributed by atoms with van der Waals surface area (Å²) in [6.07, 6.45) is 1.72. The van der Waals surface area contributed by atoms with E-state index in [0.717, 1.165) is 0 Å². The molecule has 0 amide bonds. The van der Waals surface area contributed by atoms with Gasteiger partial charge >= 0.3 is 5.97 Å². The van der Waals surface area contributed by atoms with Crippen LogP contribution in [0.3, 0.4) is 0 Å². The Morgan fingerprint density at radius 2 is 2.47 bits per heavy atom. The molecular weight excluding hydrogens is 220 g/mol. The lowest BCUT2D eigenvalue weighted by atomic mass is 10.2. The molecule has 6 nitrogen and oxygen atoms in total. The third-order valence-electron chi connectivity index (χ3n) is 2.04. The summed E-state index contributed by atoms with van der Waals surface area (Å²) in [6, 6.07) is 3.49. The normalized spacial score (nSPS) is 9.41. The minimum Gasteiger partial charge on any atom is -0.466 e. The van der Waals surface area contributed by atoms with Crippen molar-refractivity contribution in [3.05, 3.63) is 17.8 Å². The first-order valence-corrected chi connectivity index (χ1v) is 5.23. The van der Waals surface area contributed by atoms with E-state index in [-0.39, 0.29) is 12.4 Å². The Morgan fingerprint density at radius 3 is 3.12 bits per heavy atom. The summed E-state index contributed by atoms with van der Waals surface area (Å²) >= 11 is 0. The molecule has 1 heterocycles. The topological polar surface area (TPSA) is 101 Å². The number of carbonyl (C=O) groups is 1. The zero-order chi connectivity index (χ0) is 12.7. The molecule has 1 rings (SSSR count). The molecule has 0 aliphatic rings. The zero-order valence-corrected chi connectivity index (χ0v) is 9.56. The van der Waals surface area contributed by atoms with E-state index in [2.05, 4.69) is 10.3 Å². The van der Waals surface area contributed by atoms with E-state index in [4.69, 9.17) is 15.7 Å². The van der Waals surface area contributed by atoms with Crippen molar-refractivity contribution in [3.63, 3.8) is 0 Å². The molecule has 0 saturated carbocycles. The molecule has 0 bridgehead atoms. The predicted molar refractivity (Wildman–Crippen MR) is 63.1 cm³/mol. The molecule has 0 atom stereocenters. The fourth-order valence-electron chi connectivity index (χ4n) is 1.23. The number of rotatable bonds is 5. The van der Waals surface area contributed by atoms with Gasteiger partial charge in [0.25, 0.3) is 0 Å². The molecule has 0 unspecified atom stereocenters. The molecule has 0 saturated heterocycles. The van der Waals surface area contributed by atoms with Gasteiger partial charge in [-0.05, 0) is 13.0 Å². The summed E-state index contributed by atoms with van der Waals surface area (Å²) in [4.78, 5) is 15.1. The van der Waals surface area contributed by atoms with Gasteiger partial charge in [-0.2, -0.15) is 5.26 Å². The van der Waals surface area contributed by atoms with Crippen LogP contribution in [0.5, 0.6) is 0 Å². The molecule has 90 valence electrons. The molecular formula is C11H14N4O2. The van der Waals surface area contributed by atoms with E-state index in [0.29, 0.717) is 30.2 Å².